The highest BCUT2D eigenvalue weighted by Gasteiger charge is 2.06. The highest BCUT2D eigenvalue weighted by molar-refractivity contribution is 5.91. The summed E-state index contributed by atoms with van der Waals surface area (Å²) in [5.41, 5.74) is 0.681. The van der Waals surface area contributed by atoms with Crippen molar-refractivity contribution in [3.63, 3.8) is 0 Å². The van der Waals surface area contributed by atoms with Crippen LogP contribution in [0.1, 0.15) is 27.2 Å². The molecule has 0 aromatic rings. The van der Waals surface area contributed by atoms with Crippen molar-refractivity contribution < 1.29 is 9.59 Å². The largest absolute Gasteiger partial charge is 0.298 e. The maximum Gasteiger partial charge on any atom is 0.158 e. The Balaban J connectivity index is 4.08. The third-order valence-electron chi connectivity index (χ3n) is 1.80. The van der Waals surface area contributed by atoms with Crippen LogP contribution in [0.4, 0.5) is 0 Å². The SMILES string of the molecule is CC=CC(=O)C(C)CC=C(C)C=O. The van der Waals surface area contributed by atoms with E-state index in [1.807, 2.05) is 13.8 Å². The van der Waals surface area contributed by atoms with Gasteiger partial charge in [0.2, 0.25) is 0 Å². The summed E-state index contributed by atoms with van der Waals surface area (Å²) in [7, 11) is 0. The quantitative estimate of drug-likeness (QED) is 0.480. The first kappa shape index (κ1) is 11.8. The van der Waals surface area contributed by atoms with Crippen molar-refractivity contribution in [2.75, 3.05) is 0 Å². The van der Waals surface area contributed by atoms with Crippen molar-refractivity contribution in [3.05, 3.63) is 23.8 Å². The van der Waals surface area contributed by atoms with Gasteiger partial charge < -0.3 is 0 Å². The lowest BCUT2D eigenvalue weighted by Gasteiger charge is -2.02. The summed E-state index contributed by atoms with van der Waals surface area (Å²) in [6.07, 6.45) is 6.52. The van der Waals surface area contributed by atoms with Gasteiger partial charge in [0.25, 0.3) is 0 Å². The molecule has 0 rings (SSSR count). The lowest BCUT2D eigenvalue weighted by Crippen LogP contribution is -2.06. The van der Waals surface area contributed by atoms with E-state index in [1.54, 1.807) is 25.2 Å². The monoisotopic (exact) mass is 180 g/mol. The summed E-state index contributed by atoms with van der Waals surface area (Å²) in [6, 6.07) is 0. The average molecular weight is 180 g/mol. The smallest absolute Gasteiger partial charge is 0.158 e. The van der Waals surface area contributed by atoms with Gasteiger partial charge in [-0.1, -0.05) is 19.1 Å². The van der Waals surface area contributed by atoms with E-state index in [0.29, 0.717) is 12.0 Å². The molecular formula is C11H16O2. The lowest BCUT2D eigenvalue weighted by atomic mass is 10.0. The summed E-state index contributed by atoms with van der Waals surface area (Å²) < 4.78 is 0. The van der Waals surface area contributed by atoms with Gasteiger partial charge in [-0.15, -0.1) is 0 Å². The van der Waals surface area contributed by atoms with Crippen LogP contribution in [-0.4, -0.2) is 12.1 Å². The lowest BCUT2D eigenvalue weighted by molar-refractivity contribution is -0.117. The summed E-state index contributed by atoms with van der Waals surface area (Å²) in [6.45, 7) is 5.41. The summed E-state index contributed by atoms with van der Waals surface area (Å²) >= 11 is 0. The average Bonchev–Trinajstić information content (AvgIpc) is 2.13. The molecule has 2 nitrogen and oxygen atoms in total. The van der Waals surface area contributed by atoms with Crippen LogP contribution in [0.25, 0.3) is 0 Å². The molecule has 0 bridgehead atoms. The van der Waals surface area contributed by atoms with Gasteiger partial charge in [0, 0.05) is 5.92 Å². The summed E-state index contributed by atoms with van der Waals surface area (Å²) in [5, 5.41) is 0. The van der Waals surface area contributed by atoms with Crippen LogP contribution in [-0.2, 0) is 9.59 Å². The molecule has 0 saturated carbocycles. The number of allylic oxidation sites excluding steroid dienone is 4. The first-order valence-corrected chi connectivity index (χ1v) is 4.40. The Bertz CT molecular complexity index is 236. The standard InChI is InChI=1S/C11H16O2/c1-4-5-11(13)10(3)7-6-9(2)8-12/h4-6,8,10H,7H2,1-3H3. The van der Waals surface area contributed by atoms with E-state index < -0.39 is 0 Å². The maximum absolute atomic E-state index is 11.2. The second kappa shape index (κ2) is 6.35. The molecule has 0 radical (unpaired) electrons. The Morgan fingerprint density at radius 3 is 2.54 bits per heavy atom. The first-order valence-electron chi connectivity index (χ1n) is 4.40. The van der Waals surface area contributed by atoms with Crippen molar-refractivity contribution in [2.24, 2.45) is 5.92 Å². The van der Waals surface area contributed by atoms with E-state index in [1.165, 1.54) is 0 Å². The molecule has 0 aromatic heterocycles. The molecule has 72 valence electrons. The molecule has 0 aromatic carbocycles. The molecule has 0 saturated heterocycles. The van der Waals surface area contributed by atoms with Crippen LogP contribution in [0.3, 0.4) is 0 Å². The van der Waals surface area contributed by atoms with E-state index in [0.717, 1.165) is 6.29 Å². The number of hydrogen-bond acceptors (Lipinski definition) is 2. The van der Waals surface area contributed by atoms with Gasteiger partial charge >= 0.3 is 0 Å². The Labute approximate surface area is 79.3 Å². The Morgan fingerprint density at radius 2 is 2.08 bits per heavy atom. The minimum absolute atomic E-state index is 0.0360. The molecular weight excluding hydrogens is 164 g/mol. The van der Waals surface area contributed by atoms with Crippen molar-refractivity contribution in [3.8, 4) is 0 Å². The van der Waals surface area contributed by atoms with Crippen LogP contribution in [0.15, 0.2) is 23.8 Å². The van der Waals surface area contributed by atoms with Gasteiger partial charge in [-0.2, -0.15) is 0 Å². The van der Waals surface area contributed by atoms with E-state index in [9.17, 15) is 9.59 Å². The molecule has 0 spiro atoms. The normalized spacial score (nSPS) is 14.5. The third kappa shape index (κ3) is 5.12. The number of carbonyl (C=O) groups is 2. The highest BCUT2D eigenvalue weighted by Crippen LogP contribution is 2.06. The van der Waals surface area contributed by atoms with Crippen molar-refractivity contribution in [1.29, 1.82) is 0 Å². The number of rotatable bonds is 5. The number of aldehydes is 1. The zero-order chi connectivity index (χ0) is 10.3. The van der Waals surface area contributed by atoms with Crippen LogP contribution in [0, 0.1) is 5.92 Å². The van der Waals surface area contributed by atoms with Crippen molar-refractivity contribution in [1.82, 2.24) is 0 Å². The van der Waals surface area contributed by atoms with Crippen molar-refractivity contribution >= 4 is 12.1 Å². The van der Waals surface area contributed by atoms with Gasteiger partial charge in [-0.3, -0.25) is 9.59 Å². The van der Waals surface area contributed by atoms with Crippen LogP contribution >= 0.6 is 0 Å². The van der Waals surface area contributed by atoms with Gasteiger partial charge in [0.1, 0.15) is 6.29 Å². The Morgan fingerprint density at radius 1 is 1.46 bits per heavy atom. The van der Waals surface area contributed by atoms with Crippen LogP contribution in [0.2, 0.25) is 0 Å². The predicted molar refractivity (Wildman–Crippen MR) is 53.4 cm³/mol. The van der Waals surface area contributed by atoms with E-state index in [-0.39, 0.29) is 11.7 Å². The first-order chi connectivity index (χ1) is 6.11. The minimum atomic E-state index is -0.0360. The fraction of sp³-hybridized carbons (Fsp3) is 0.455. The fourth-order valence-electron chi connectivity index (χ4n) is 0.855. The second-order valence-electron chi connectivity index (χ2n) is 3.11. The van der Waals surface area contributed by atoms with Gasteiger partial charge in [-0.05, 0) is 31.9 Å². The molecule has 1 unspecified atom stereocenters. The zero-order valence-electron chi connectivity index (χ0n) is 8.41. The van der Waals surface area contributed by atoms with Gasteiger partial charge in [0.05, 0.1) is 0 Å². The molecule has 0 aliphatic heterocycles. The van der Waals surface area contributed by atoms with Gasteiger partial charge in [-0.25, -0.2) is 0 Å². The molecule has 13 heavy (non-hydrogen) atoms. The predicted octanol–water partition coefficient (Wildman–Crippen LogP) is 2.30. The fourth-order valence-corrected chi connectivity index (χ4v) is 0.855. The molecule has 0 amide bonds. The second-order valence-corrected chi connectivity index (χ2v) is 3.11. The zero-order valence-corrected chi connectivity index (χ0v) is 8.41. The molecule has 0 aliphatic carbocycles. The van der Waals surface area contributed by atoms with Gasteiger partial charge in [0.15, 0.2) is 5.78 Å². The van der Waals surface area contributed by atoms with E-state index >= 15 is 0 Å². The van der Waals surface area contributed by atoms with Crippen LogP contribution < -0.4 is 0 Å². The molecule has 2 heteroatoms. The molecule has 0 N–H and O–H groups in total. The van der Waals surface area contributed by atoms with Crippen LogP contribution in [0.5, 0.6) is 0 Å². The minimum Gasteiger partial charge on any atom is -0.298 e. The Hall–Kier alpha value is -1.18. The summed E-state index contributed by atoms with van der Waals surface area (Å²) in [4.78, 5) is 21.5. The topological polar surface area (TPSA) is 34.1 Å². The van der Waals surface area contributed by atoms with Crippen molar-refractivity contribution in [2.45, 2.75) is 27.2 Å². The number of ketones is 1. The molecule has 0 heterocycles. The third-order valence-corrected chi connectivity index (χ3v) is 1.80. The molecule has 0 aliphatic rings. The maximum atomic E-state index is 11.2. The highest BCUT2D eigenvalue weighted by atomic mass is 16.1. The number of hydrogen-bond donors (Lipinski definition) is 0. The molecule has 0 fully saturated rings. The Kier molecular flexibility index (Phi) is 5.77. The van der Waals surface area contributed by atoms with E-state index in [2.05, 4.69) is 0 Å². The molecule has 1 atom stereocenters. The van der Waals surface area contributed by atoms with E-state index in [4.69, 9.17) is 0 Å². The number of carbonyl (C=O) groups excluding carboxylic acids is 2. The summed E-state index contributed by atoms with van der Waals surface area (Å²) in [5.74, 6) is 0.0727.